The second-order valence-electron chi connectivity index (χ2n) is 8.51. The van der Waals surface area contributed by atoms with Crippen LogP contribution in [0.15, 0.2) is 31.0 Å². The standard InChI is InChI=1S/C21H31N7O/c1-26(2)19-7-10-27(14-19)15-21(29)25-17-3-5-18(6-4-17)28-13-16(11-24-28)20-12-22-8-9-23-20/h8-9,11-13,17-19H,3-7,10,14-15H2,1-2H3,(H,25,29). The lowest BCUT2D eigenvalue weighted by Crippen LogP contribution is -2.43. The highest BCUT2D eigenvalue weighted by Crippen LogP contribution is 2.29. The Morgan fingerprint density at radius 3 is 2.69 bits per heavy atom. The molecule has 1 amide bonds. The fourth-order valence-electron chi connectivity index (χ4n) is 4.46. The maximum absolute atomic E-state index is 12.5. The minimum absolute atomic E-state index is 0.164. The molecule has 1 atom stereocenters. The molecule has 1 saturated heterocycles. The first-order chi connectivity index (χ1) is 14.1. The van der Waals surface area contributed by atoms with Crippen LogP contribution < -0.4 is 5.32 Å². The Bertz CT molecular complexity index is 798. The van der Waals surface area contributed by atoms with E-state index >= 15 is 0 Å². The van der Waals surface area contributed by atoms with Crippen LogP contribution in [0.2, 0.25) is 0 Å². The molecule has 8 nitrogen and oxygen atoms in total. The molecule has 1 aliphatic heterocycles. The molecule has 1 unspecified atom stereocenters. The van der Waals surface area contributed by atoms with Gasteiger partial charge in [-0.2, -0.15) is 5.10 Å². The zero-order valence-electron chi connectivity index (χ0n) is 17.4. The van der Waals surface area contributed by atoms with Crippen molar-refractivity contribution in [3.8, 4) is 11.3 Å². The van der Waals surface area contributed by atoms with Crippen LogP contribution >= 0.6 is 0 Å². The van der Waals surface area contributed by atoms with Gasteiger partial charge in [0, 0.05) is 49.3 Å². The van der Waals surface area contributed by atoms with Crippen molar-refractivity contribution in [2.45, 2.75) is 50.2 Å². The minimum atomic E-state index is 0.164. The number of likely N-dealkylation sites (N-methyl/N-ethyl adjacent to an activating group) is 1. The minimum Gasteiger partial charge on any atom is -0.352 e. The first kappa shape index (κ1) is 20.0. The van der Waals surface area contributed by atoms with Crippen LogP contribution in [0.4, 0.5) is 0 Å². The zero-order chi connectivity index (χ0) is 20.2. The van der Waals surface area contributed by atoms with Gasteiger partial charge >= 0.3 is 0 Å². The maximum atomic E-state index is 12.5. The summed E-state index contributed by atoms with van der Waals surface area (Å²) < 4.78 is 2.05. The predicted molar refractivity (Wildman–Crippen MR) is 111 cm³/mol. The van der Waals surface area contributed by atoms with Gasteiger partial charge in [-0.1, -0.05) is 0 Å². The monoisotopic (exact) mass is 397 g/mol. The first-order valence-electron chi connectivity index (χ1n) is 10.6. The fraction of sp³-hybridized carbons (Fsp3) is 0.619. The molecule has 2 aromatic rings. The van der Waals surface area contributed by atoms with Crippen molar-refractivity contribution < 1.29 is 4.79 Å². The highest BCUT2D eigenvalue weighted by atomic mass is 16.2. The van der Waals surface area contributed by atoms with Gasteiger partial charge in [0.05, 0.1) is 30.7 Å². The van der Waals surface area contributed by atoms with Crippen molar-refractivity contribution in [3.05, 3.63) is 31.0 Å². The van der Waals surface area contributed by atoms with Gasteiger partial charge in [0.15, 0.2) is 0 Å². The van der Waals surface area contributed by atoms with Crippen molar-refractivity contribution in [1.82, 2.24) is 34.9 Å². The highest BCUT2D eigenvalue weighted by molar-refractivity contribution is 5.78. The molecule has 2 fully saturated rings. The third-order valence-electron chi connectivity index (χ3n) is 6.24. The van der Waals surface area contributed by atoms with E-state index in [1.807, 2.05) is 10.9 Å². The van der Waals surface area contributed by atoms with Gasteiger partial charge in [-0.15, -0.1) is 0 Å². The van der Waals surface area contributed by atoms with E-state index in [0.29, 0.717) is 18.6 Å². The van der Waals surface area contributed by atoms with E-state index in [1.54, 1.807) is 18.6 Å². The smallest absolute Gasteiger partial charge is 0.234 e. The molecule has 0 bridgehead atoms. The number of carbonyl (C=O) groups is 1. The summed E-state index contributed by atoms with van der Waals surface area (Å²) in [6.07, 6.45) is 14.2. The Hall–Kier alpha value is -2.32. The first-order valence-corrected chi connectivity index (χ1v) is 10.6. The van der Waals surface area contributed by atoms with E-state index < -0.39 is 0 Å². The number of likely N-dealkylation sites (tertiary alicyclic amines) is 1. The van der Waals surface area contributed by atoms with Gasteiger partial charge in [-0.05, 0) is 46.2 Å². The number of nitrogens with zero attached hydrogens (tertiary/aromatic N) is 6. The summed E-state index contributed by atoms with van der Waals surface area (Å²) >= 11 is 0. The number of hydrogen-bond donors (Lipinski definition) is 1. The molecule has 4 rings (SSSR count). The van der Waals surface area contributed by atoms with Crippen LogP contribution in [0, 0.1) is 0 Å². The predicted octanol–water partition coefficient (Wildman–Crippen LogP) is 1.58. The number of amides is 1. The van der Waals surface area contributed by atoms with E-state index in [-0.39, 0.29) is 11.9 Å². The van der Waals surface area contributed by atoms with Crippen molar-refractivity contribution in [3.63, 3.8) is 0 Å². The van der Waals surface area contributed by atoms with Crippen LogP contribution in [0.3, 0.4) is 0 Å². The highest BCUT2D eigenvalue weighted by Gasteiger charge is 2.27. The van der Waals surface area contributed by atoms with Crippen LogP contribution in [-0.4, -0.2) is 81.3 Å². The van der Waals surface area contributed by atoms with Crippen molar-refractivity contribution >= 4 is 5.91 Å². The molecule has 2 aliphatic rings. The second kappa shape index (κ2) is 9.00. The molecule has 29 heavy (non-hydrogen) atoms. The summed E-state index contributed by atoms with van der Waals surface area (Å²) in [6.45, 7) is 2.52. The Balaban J connectivity index is 1.23. The summed E-state index contributed by atoms with van der Waals surface area (Å²) in [4.78, 5) is 25.4. The number of nitrogens with one attached hydrogen (secondary N) is 1. The largest absolute Gasteiger partial charge is 0.352 e. The van der Waals surface area contributed by atoms with E-state index in [2.05, 4.69) is 50.5 Å². The van der Waals surface area contributed by atoms with Gasteiger partial charge in [0.2, 0.25) is 5.91 Å². The molecule has 0 aromatic carbocycles. The molecule has 0 spiro atoms. The summed E-state index contributed by atoms with van der Waals surface area (Å²) in [5, 5.41) is 7.79. The number of rotatable bonds is 6. The topological polar surface area (TPSA) is 79.2 Å². The molecule has 1 saturated carbocycles. The van der Waals surface area contributed by atoms with Gasteiger partial charge in [-0.3, -0.25) is 24.3 Å². The van der Waals surface area contributed by atoms with E-state index in [1.165, 1.54) is 0 Å². The van der Waals surface area contributed by atoms with E-state index in [9.17, 15) is 4.79 Å². The Morgan fingerprint density at radius 2 is 2.00 bits per heavy atom. The SMILES string of the molecule is CN(C)C1CCN(CC(=O)NC2CCC(n3cc(-c4cnccn4)cn3)CC2)C1. The number of aromatic nitrogens is 4. The molecular formula is C21H31N7O. The lowest BCUT2D eigenvalue weighted by atomic mass is 9.91. The van der Waals surface area contributed by atoms with Gasteiger partial charge in [-0.25, -0.2) is 0 Å². The van der Waals surface area contributed by atoms with E-state index in [4.69, 9.17) is 0 Å². The van der Waals surface area contributed by atoms with Crippen molar-refractivity contribution in [2.75, 3.05) is 33.7 Å². The second-order valence-corrected chi connectivity index (χ2v) is 8.51. The molecule has 1 aliphatic carbocycles. The molecule has 1 N–H and O–H groups in total. The Kier molecular flexibility index (Phi) is 6.20. The van der Waals surface area contributed by atoms with Crippen LogP contribution in [0.25, 0.3) is 11.3 Å². The third kappa shape index (κ3) is 5.00. The van der Waals surface area contributed by atoms with Crippen LogP contribution in [-0.2, 0) is 4.79 Å². The van der Waals surface area contributed by atoms with Crippen LogP contribution in [0.1, 0.15) is 38.1 Å². The molecular weight excluding hydrogens is 366 g/mol. The third-order valence-corrected chi connectivity index (χ3v) is 6.24. The number of hydrogen-bond acceptors (Lipinski definition) is 6. The molecule has 0 radical (unpaired) electrons. The summed E-state index contributed by atoms with van der Waals surface area (Å²) in [6, 6.07) is 1.23. The van der Waals surface area contributed by atoms with Gasteiger partial charge < -0.3 is 10.2 Å². The van der Waals surface area contributed by atoms with Crippen molar-refractivity contribution in [1.29, 1.82) is 0 Å². The zero-order valence-corrected chi connectivity index (χ0v) is 17.4. The summed E-state index contributed by atoms with van der Waals surface area (Å²) in [5.41, 5.74) is 1.84. The average molecular weight is 398 g/mol. The van der Waals surface area contributed by atoms with Gasteiger partial charge in [0.1, 0.15) is 0 Å². The van der Waals surface area contributed by atoms with E-state index in [0.717, 1.165) is 56.5 Å². The lowest BCUT2D eigenvalue weighted by molar-refractivity contribution is -0.123. The Labute approximate surface area is 172 Å². The Morgan fingerprint density at radius 1 is 1.17 bits per heavy atom. The van der Waals surface area contributed by atoms with Gasteiger partial charge in [0.25, 0.3) is 0 Å². The molecule has 8 heteroatoms. The van der Waals surface area contributed by atoms with Crippen LogP contribution in [0.5, 0.6) is 0 Å². The number of carbonyl (C=O) groups excluding carboxylic acids is 1. The maximum Gasteiger partial charge on any atom is 0.234 e. The molecule has 2 aromatic heterocycles. The summed E-state index contributed by atoms with van der Waals surface area (Å²) in [7, 11) is 4.23. The van der Waals surface area contributed by atoms with Crippen molar-refractivity contribution in [2.24, 2.45) is 0 Å². The molecule has 3 heterocycles. The normalized spacial score (nSPS) is 25.4. The quantitative estimate of drug-likeness (QED) is 0.797. The fourth-order valence-corrected chi connectivity index (χ4v) is 4.46. The lowest BCUT2D eigenvalue weighted by Gasteiger charge is -2.30. The average Bonchev–Trinajstić information content (AvgIpc) is 3.39. The molecule has 156 valence electrons. The summed E-state index contributed by atoms with van der Waals surface area (Å²) in [5.74, 6) is 0.164.